The monoisotopic (exact) mass is 320 g/mol. The topological polar surface area (TPSA) is 71.8 Å². The molecule has 22 heavy (non-hydrogen) atoms. The Morgan fingerprint density at radius 3 is 2.86 bits per heavy atom. The summed E-state index contributed by atoms with van der Waals surface area (Å²) in [7, 11) is 0. The minimum atomic E-state index is -0.913. The van der Waals surface area contributed by atoms with Gasteiger partial charge in [-0.05, 0) is 23.6 Å². The average Bonchev–Trinajstić information content (AvgIpc) is 3.16. The van der Waals surface area contributed by atoms with Crippen molar-refractivity contribution >= 4 is 23.2 Å². The number of hydrogen-bond acceptors (Lipinski definition) is 4. The van der Waals surface area contributed by atoms with Crippen LogP contribution in [0.2, 0.25) is 0 Å². The summed E-state index contributed by atoms with van der Waals surface area (Å²) in [6.07, 6.45) is 3.26. The molecule has 116 valence electrons. The number of carboxylic acids is 1. The van der Waals surface area contributed by atoms with Gasteiger partial charge in [-0.15, -0.1) is 11.3 Å². The Morgan fingerprint density at radius 2 is 2.14 bits per heavy atom. The number of hydrogen-bond donors (Lipinski definition) is 1. The molecular weight excluding hydrogens is 304 g/mol. The molecule has 1 fully saturated rings. The van der Waals surface area contributed by atoms with Crippen molar-refractivity contribution in [3.05, 3.63) is 40.8 Å². The number of nitrogens with zero attached hydrogens (tertiary/aromatic N) is 2. The molecule has 0 aliphatic carbocycles. The van der Waals surface area contributed by atoms with E-state index >= 15 is 0 Å². The van der Waals surface area contributed by atoms with E-state index < -0.39 is 12.1 Å². The van der Waals surface area contributed by atoms with Crippen LogP contribution < -0.4 is 0 Å². The molecule has 1 aliphatic rings. The summed E-state index contributed by atoms with van der Waals surface area (Å²) in [5.41, 5.74) is 0.848. The molecule has 0 aromatic carbocycles. The Balaban J connectivity index is 1.77. The van der Waals surface area contributed by atoms with Crippen LogP contribution in [-0.2, 0) is 9.53 Å². The number of morpholine rings is 1. The number of ether oxygens (including phenoxy) is 1. The number of aromatic nitrogens is 1. The maximum Gasteiger partial charge on any atom is 0.306 e. The van der Waals surface area contributed by atoms with Gasteiger partial charge in [0.2, 0.25) is 0 Å². The number of aliphatic carboxylic acids is 1. The minimum Gasteiger partial charge on any atom is -0.481 e. The third kappa shape index (κ3) is 3.05. The molecule has 6 nitrogen and oxygen atoms in total. The predicted octanol–water partition coefficient (Wildman–Crippen LogP) is 1.85. The van der Waals surface area contributed by atoms with Crippen molar-refractivity contribution in [2.24, 2.45) is 0 Å². The van der Waals surface area contributed by atoms with Gasteiger partial charge in [0.15, 0.2) is 0 Å². The molecule has 0 saturated carbocycles. The molecule has 0 bridgehead atoms. The Bertz CT molecular complexity index is 665. The molecule has 0 radical (unpaired) electrons. The van der Waals surface area contributed by atoms with Crippen molar-refractivity contribution in [2.45, 2.75) is 12.5 Å². The van der Waals surface area contributed by atoms with E-state index in [1.807, 2.05) is 40.5 Å². The lowest BCUT2D eigenvalue weighted by Crippen LogP contribution is -2.46. The van der Waals surface area contributed by atoms with Crippen LogP contribution in [0.5, 0.6) is 0 Å². The van der Waals surface area contributed by atoms with Gasteiger partial charge >= 0.3 is 5.97 Å². The van der Waals surface area contributed by atoms with E-state index in [2.05, 4.69) is 0 Å². The van der Waals surface area contributed by atoms with Crippen LogP contribution in [-0.4, -0.2) is 52.3 Å². The second-order valence-electron chi connectivity index (χ2n) is 5.07. The molecule has 0 unspecified atom stereocenters. The Kier molecular flexibility index (Phi) is 4.26. The van der Waals surface area contributed by atoms with Crippen LogP contribution in [0.3, 0.4) is 0 Å². The van der Waals surface area contributed by atoms with Crippen LogP contribution in [0.25, 0.3) is 5.69 Å². The molecule has 2 aromatic rings. The van der Waals surface area contributed by atoms with E-state index in [9.17, 15) is 9.59 Å². The van der Waals surface area contributed by atoms with E-state index in [-0.39, 0.29) is 12.3 Å². The summed E-state index contributed by atoms with van der Waals surface area (Å²) in [6, 6.07) is 5.72. The highest BCUT2D eigenvalue weighted by Gasteiger charge is 2.28. The van der Waals surface area contributed by atoms with E-state index in [4.69, 9.17) is 9.84 Å². The fourth-order valence-corrected chi connectivity index (χ4v) is 3.38. The second-order valence-corrected chi connectivity index (χ2v) is 5.98. The Morgan fingerprint density at radius 1 is 1.36 bits per heavy atom. The fraction of sp³-hybridized carbons (Fsp3) is 0.333. The lowest BCUT2D eigenvalue weighted by atomic mass is 10.2. The second kappa shape index (κ2) is 6.33. The first-order valence-corrected chi connectivity index (χ1v) is 7.86. The lowest BCUT2D eigenvalue weighted by molar-refractivity contribution is -0.141. The first kappa shape index (κ1) is 14.8. The van der Waals surface area contributed by atoms with Crippen molar-refractivity contribution in [3.8, 4) is 5.69 Å². The molecule has 3 heterocycles. The van der Waals surface area contributed by atoms with Crippen LogP contribution >= 0.6 is 11.3 Å². The zero-order valence-electron chi connectivity index (χ0n) is 11.8. The van der Waals surface area contributed by atoms with Crippen molar-refractivity contribution in [2.75, 3.05) is 19.7 Å². The number of thiophene rings is 1. The summed E-state index contributed by atoms with van der Waals surface area (Å²) >= 11 is 1.40. The molecule has 1 amide bonds. The molecule has 2 aromatic heterocycles. The van der Waals surface area contributed by atoms with Gasteiger partial charge in [-0.25, -0.2) is 0 Å². The van der Waals surface area contributed by atoms with Crippen LogP contribution in [0.1, 0.15) is 16.1 Å². The normalized spacial score (nSPS) is 18.4. The Hall–Kier alpha value is -2.12. The number of rotatable bonds is 4. The zero-order valence-corrected chi connectivity index (χ0v) is 12.7. The quantitative estimate of drug-likeness (QED) is 0.933. The SMILES string of the molecule is O=C(O)C[C@@H]1CN(C(=O)c2sccc2-n2cccc2)CCO1. The van der Waals surface area contributed by atoms with Gasteiger partial charge in [0, 0.05) is 25.5 Å². The van der Waals surface area contributed by atoms with E-state index in [1.165, 1.54) is 11.3 Å². The minimum absolute atomic E-state index is 0.0719. The predicted molar refractivity (Wildman–Crippen MR) is 81.5 cm³/mol. The van der Waals surface area contributed by atoms with Gasteiger partial charge in [-0.3, -0.25) is 9.59 Å². The highest BCUT2D eigenvalue weighted by Crippen LogP contribution is 2.24. The Labute approximate surface area is 131 Å². The van der Waals surface area contributed by atoms with Crippen LogP contribution in [0, 0.1) is 0 Å². The van der Waals surface area contributed by atoms with Gasteiger partial charge in [0.05, 0.1) is 24.8 Å². The van der Waals surface area contributed by atoms with Crippen molar-refractivity contribution in [1.29, 1.82) is 0 Å². The zero-order chi connectivity index (χ0) is 15.5. The third-order valence-electron chi connectivity index (χ3n) is 3.55. The van der Waals surface area contributed by atoms with Crippen molar-refractivity contribution in [1.82, 2.24) is 9.47 Å². The molecule has 7 heteroatoms. The highest BCUT2D eigenvalue weighted by molar-refractivity contribution is 7.12. The largest absolute Gasteiger partial charge is 0.481 e. The van der Waals surface area contributed by atoms with Crippen LogP contribution in [0.4, 0.5) is 0 Å². The van der Waals surface area contributed by atoms with Crippen molar-refractivity contribution < 1.29 is 19.4 Å². The number of amides is 1. The molecular formula is C15H16N2O4S. The van der Waals surface area contributed by atoms with Gasteiger partial charge in [0.1, 0.15) is 4.88 Å². The first-order valence-electron chi connectivity index (χ1n) is 6.98. The molecule has 1 atom stereocenters. The summed E-state index contributed by atoms with van der Waals surface area (Å²) in [5, 5.41) is 10.7. The maximum atomic E-state index is 12.7. The molecule has 3 rings (SSSR count). The summed E-state index contributed by atoms with van der Waals surface area (Å²) in [6.45, 7) is 1.17. The first-order chi connectivity index (χ1) is 10.6. The number of carboxylic acid groups (broad SMARTS) is 1. The fourth-order valence-electron chi connectivity index (χ4n) is 2.53. The standard InChI is InChI=1S/C15H16N2O4S/c18-13(19)9-11-10-17(6-7-21-11)15(20)14-12(3-8-22-14)16-4-1-2-5-16/h1-5,8,11H,6-7,9-10H2,(H,18,19)/t11-/m1/s1. The maximum absolute atomic E-state index is 12.7. The van der Waals surface area contributed by atoms with Gasteiger partial charge in [-0.1, -0.05) is 0 Å². The van der Waals surface area contributed by atoms with Gasteiger partial charge in [-0.2, -0.15) is 0 Å². The molecule has 1 saturated heterocycles. The van der Waals surface area contributed by atoms with E-state index in [0.29, 0.717) is 24.6 Å². The highest BCUT2D eigenvalue weighted by atomic mass is 32.1. The van der Waals surface area contributed by atoms with Crippen LogP contribution in [0.15, 0.2) is 36.0 Å². The third-order valence-corrected chi connectivity index (χ3v) is 4.44. The van der Waals surface area contributed by atoms with Gasteiger partial charge in [0.25, 0.3) is 5.91 Å². The van der Waals surface area contributed by atoms with E-state index in [0.717, 1.165) is 5.69 Å². The summed E-state index contributed by atoms with van der Waals surface area (Å²) in [4.78, 5) is 25.9. The molecule has 0 spiro atoms. The van der Waals surface area contributed by atoms with Gasteiger partial charge < -0.3 is 19.3 Å². The lowest BCUT2D eigenvalue weighted by Gasteiger charge is -2.32. The average molecular weight is 320 g/mol. The summed E-state index contributed by atoms with van der Waals surface area (Å²) < 4.78 is 7.31. The number of carbonyl (C=O) groups is 2. The molecule has 1 N–H and O–H groups in total. The van der Waals surface area contributed by atoms with E-state index in [1.54, 1.807) is 4.90 Å². The van der Waals surface area contributed by atoms with Crippen molar-refractivity contribution in [3.63, 3.8) is 0 Å². The smallest absolute Gasteiger partial charge is 0.306 e. The number of carbonyl (C=O) groups excluding carboxylic acids is 1. The molecule has 1 aliphatic heterocycles. The summed E-state index contributed by atoms with van der Waals surface area (Å²) in [5.74, 6) is -0.985.